The lowest BCUT2D eigenvalue weighted by molar-refractivity contribution is 0.548. The van der Waals surface area contributed by atoms with Gasteiger partial charge in [0.25, 0.3) is 0 Å². The Balaban J connectivity index is 2.06. The van der Waals surface area contributed by atoms with E-state index in [1.54, 1.807) is 0 Å². The highest BCUT2D eigenvalue weighted by Crippen LogP contribution is 2.28. The SMILES string of the molecule is CNC(CCc1ccccc1)c1snnc1C(C)C. The first-order chi connectivity index (χ1) is 9.22. The van der Waals surface area contributed by atoms with Crippen LogP contribution in [0.5, 0.6) is 0 Å². The number of nitrogens with one attached hydrogen (secondary N) is 1. The molecule has 19 heavy (non-hydrogen) atoms. The molecular weight excluding hydrogens is 254 g/mol. The first kappa shape index (κ1) is 14.2. The molecule has 0 saturated heterocycles. The van der Waals surface area contributed by atoms with Gasteiger partial charge in [0.2, 0.25) is 0 Å². The van der Waals surface area contributed by atoms with E-state index in [-0.39, 0.29) is 0 Å². The summed E-state index contributed by atoms with van der Waals surface area (Å²) in [6.07, 6.45) is 2.14. The summed E-state index contributed by atoms with van der Waals surface area (Å²) < 4.78 is 4.12. The summed E-state index contributed by atoms with van der Waals surface area (Å²) in [5.41, 5.74) is 2.52. The molecule has 1 aromatic carbocycles. The van der Waals surface area contributed by atoms with E-state index < -0.39 is 0 Å². The molecule has 1 unspecified atom stereocenters. The highest BCUT2D eigenvalue weighted by atomic mass is 32.1. The highest BCUT2D eigenvalue weighted by Gasteiger charge is 2.19. The monoisotopic (exact) mass is 275 g/mol. The second kappa shape index (κ2) is 6.78. The molecule has 0 amide bonds. The molecule has 102 valence electrons. The molecular formula is C15H21N3S. The first-order valence-electron chi connectivity index (χ1n) is 6.75. The molecule has 0 bridgehead atoms. The van der Waals surface area contributed by atoms with Crippen molar-refractivity contribution in [2.75, 3.05) is 7.05 Å². The molecule has 0 aliphatic rings. The second-order valence-electron chi connectivity index (χ2n) is 5.04. The molecule has 4 heteroatoms. The fraction of sp³-hybridized carbons (Fsp3) is 0.467. The van der Waals surface area contributed by atoms with Gasteiger partial charge < -0.3 is 5.32 Å². The lowest BCUT2D eigenvalue weighted by atomic mass is 10.0. The first-order valence-corrected chi connectivity index (χ1v) is 7.53. The van der Waals surface area contributed by atoms with Crippen molar-refractivity contribution in [3.63, 3.8) is 0 Å². The third-order valence-corrected chi connectivity index (χ3v) is 4.17. The van der Waals surface area contributed by atoms with Gasteiger partial charge in [-0.1, -0.05) is 48.7 Å². The molecule has 1 N–H and O–H groups in total. The maximum Gasteiger partial charge on any atom is 0.0829 e. The molecule has 0 saturated carbocycles. The van der Waals surface area contributed by atoms with Crippen LogP contribution in [-0.2, 0) is 6.42 Å². The average Bonchev–Trinajstić information content (AvgIpc) is 2.90. The third kappa shape index (κ3) is 3.61. The average molecular weight is 275 g/mol. The van der Waals surface area contributed by atoms with E-state index in [2.05, 4.69) is 59.1 Å². The Labute approximate surface area is 119 Å². The summed E-state index contributed by atoms with van der Waals surface area (Å²) in [4.78, 5) is 1.29. The summed E-state index contributed by atoms with van der Waals surface area (Å²) in [7, 11) is 2.01. The standard InChI is InChI=1S/C15H21N3S/c1-11(2)14-15(19-18-17-14)13(16-3)10-9-12-7-5-4-6-8-12/h4-8,11,13,16H,9-10H2,1-3H3. The number of aromatic nitrogens is 2. The molecule has 2 aromatic rings. The fourth-order valence-corrected chi connectivity index (χ4v) is 3.16. The highest BCUT2D eigenvalue weighted by molar-refractivity contribution is 7.05. The van der Waals surface area contributed by atoms with Crippen molar-refractivity contribution in [3.8, 4) is 0 Å². The van der Waals surface area contributed by atoms with E-state index >= 15 is 0 Å². The Bertz CT molecular complexity index is 493. The lowest BCUT2D eigenvalue weighted by Gasteiger charge is -2.16. The molecule has 1 atom stereocenters. The Morgan fingerprint density at radius 3 is 2.58 bits per heavy atom. The van der Waals surface area contributed by atoms with Crippen LogP contribution in [0.3, 0.4) is 0 Å². The van der Waals surface area contributed by atoms with Crippen LogP contribution in [-0.4, -0.2) is 16.6 Å². The maximum atomic E-state index is 4.27. The van der Waals surface area contributed by atoms with Crippen LogP contribution in [0, 0.1) is 0 Å². The van der Waals surface area contributed by atoms with Gasteiger partial charge in [-0.15, -0.1) is 5.10 Å². The molecule has 0 aliphatic heterocycles. The number of hydrogen-bond donors (Lipinski definition) is 1. The maximum absolute atomic E-state index is 4.27. The van der Waals surface area contributed by atoms with Crippen LogP contribution in [0.2, 0.25) is 0 Å². The number of aryl methyl sites for hydroxylation is 1. The Morgan fingerprint density at radius 2 is 1.95 bits per heavy atom. The van der Waals surface area contributed by atoms with Gasteiger partial charge in [0.1, 0.15) is 0 Å². The van der Waals surface area contributed by atoms with Gasteiger partial charge in [-0.05, 0) is 42.9 Å². The topological polar surface area (TPSA) is 37.8 Å². The fourth-order valence-electron chi connectivity index (χ4n) is 2.21. The van der Waals surface area contributed by atoms with Gasteiger partial charge in [0.15, 0.2) is 0 Å². The zero-order chi connectivity index (χ0) is 13.7. The van der Waals surface area contributed by atoms with Crippen molar-refractivity contribution in [3.05, 3.63) is 46.5 Å². The second-order valence-corrected chi connectivity index (χ2v) is 5.83. The largest absolute Gasteiger partial charge is 0.312 e. The van der Waals surface area contributed by atoms with Crippen molar-refractivity contribution < 1.29 is 0 Å². The van der Waals surface area contributed by atoms with Crippen LogP contribution in [0.4, 0.5) is 0 Å². The summed E-state index contributed by atoms with van der Waals surface area (Å²) in [5.74, 6) is 0.432. The number of hydrogen-bond acceptors (Lipinski definition) is 4. The van der Waals surface area contributed by atoms with Gasteiger partial charge in [0, 0.05) is 6.04 Å². The van der Waals surface area contributed by atoms with E-state index in [0.29, 0.717) is 12.0 Å². The number of nitrogens with zero attached hydrogens (tertiary/aromatic N) is 2. The van der Waals surface area contributed by atoms with Gasteiger partial charge in [-0.3, -0.25) is 0 Å². The molecule has 3 nitrogen and oxygen atoms in total. The predicted molar refractivity (Wildman–Crippen MR) is 80.6 cm³/mol. The van der Waals surface area contributed by atoms with Crippen LogP contribution in [0.1, 0.15) is 48.4 Å². The van der Waals surface area contributed by atoms with Gasteiger partial charge >= 0.3 is 0 Å². The number of benzene rings is 1. The molecule has 0 spiro atoms. The van der Waals surface area contributed by atoms with Crippen molar-refractivity contribution in [2.45, 2.75) is 38.6 Å². The minimum atomic E-state index is 0.345. The third-order valence-electron chi connectivity index (χ3n) is 3.32. The van der Waals surface area contributed by atoms with Crippen LogP contribution in [0.15, 0.2) is 30.3 Å². The zero-order valence-electron chi connectivity index (χ0n) is 11.8. The van der Waals surface area contributed by atoms with Crippen LogP contribution < -0.4 is 5.32 Å². The Hall–Kier alpha value is -1.26. The van der Waals surface area contributed by atoms with E-state index in [1.807, 2.05) is 7.05 Å². The van der Waals surface area contributed by atoms with E-state index in [0.717, 1.165) is 18.5 Å². The van der Waals surface area contributed by atoms with Crippen molar-refractivity contribution in [2.24, 2.45) is 0 Å². The number of rotatable bonds is 6. The summed E-state index contributed by atoms with van der Waals surface area (Å²) in [6, 6.07) is 11.0. The summed E-state index contributed by atoms with van der Waals surface area (Å²) >= 11 is 1.52. The van der Waals surface area contributed by atoms with Crippen molar-refractivity contribution >= 4 is 11.5 Å². The molecule has 0 aliphatic carbocycles. The van der Waals surface area contributed by atoms with Gasteiger partial charge in [-0.25, -0.2) is 0 Å². The van der Waals surface area contributed by atoms with E-state index in [1.165, 1.54) is 22.0 Å². The Kier molecular flexibility index (Phi) is 5.05. The van der Waals surface area contributed by atoms with E-state index in [9.17, 15) is 0 Å². The van der Waals surface area contributed by atoms with Gasteiger partial charge in [-0.2, -0.15) is 0 Å². The summed E-state index contributed by atoms with van der Waals surface area (Å²) in [6.45, 7) is 4.34. The predicted octanol–water partition coefficient (Wildman–Crippen LogP) is 3.55. The molecule has 0 radical (unpaired) electrons. The van der Waals surface area contributed by atoms with Crippen molar-refractivity contribution in [1.29, 1.82) is 0 Å². The van der Waals surface area contributed by atoms with Crippen LogP contribution in [0.25, 0.3) is 0 Å². The van der Waals surface area contributed by atoms with Crippen LogP contribution >= 0.6 is 11.5 Å². The van der Waals surface area contributed by atoms with E-state index in [4.69, 9.17) is 0 Å². The minimum absolute atomic E-state index is 0.345. The zero-order valence-corrected chi connectivity index (χ0v) is 12.6. The summed E-state index contributed by atoms with van der Waals surface area (Å²) in [5, 5.41) is 7.67. The Morgan fingerprint density at radius 1 is 1.21 bits per heavy atom. The van der Waals surface area contributed by atoms with Crippen molar-refractivity contribution in [1.82, 2.24) is 14.9 Å². The minimum Gasteiger partial charge on any atom is -0.312 e. The molecule has 0 fully saturated rings. The lowest BCUT2D eigenvalue weighted by Crippen LogP contribution is -2.17. The van der Waals surface area contributed by atoms with Gasteiger partial charge in [0.05, 0.1) is 10.6 Å². The normalized spacial score (nSPS) is 12.8. The molecule has 1 aromatic heterocycles. The quantitative estimate of drug-likeness (QED) is 0.876. The molecule has 1 heterocycles. The smallest absolute Gasteiger partial charge is 0.0829 e. The molecule has 2 rings (SSSR count).